The molecule has 1 aromatic rings. The summed E-state index contributed by atoms with van der Waals surface area (Å²) in [6, 6.07) is 2.29. The third-order valence-corrected chi connectivity index (χ3v) is 13.1. The number of esters is 1. The van der Waals surface area contributed by atoms with Gasteiger partial charge in [0, 0.05) is 12.3 Å². The first-order chi connectivity index (χ1) is 25.3. The zero-order valence-corrected chi connectivity index (χ0v) is 32.6. The summed E-state index contributed by atoms with van der Waals surface area (Å²) in [5, 5.41) is 5.58. The summed E-state index contributed by atoms with van der Waals surface area (Å²) in [4.78, 5) is 70.7. The van der Waals surface area contributed by atoms with Gasteiger partial charge in [-0.2, -0.15) is 0 Å². The first-order valence-electron chi connectivity index (χ1n) is 18.8. The number of nitrogens with zero attached hydrogens (tertiary/aromatic N) is 1. The highest BCUT2D eigenvalue weighted by atomic mass is 32.2. The van der Waals surface area contributed by atoms with E-state index in [2.05, 4.69) is 15.4 Å². The molecule has 2 aliphatic carbocycles. The Morgan fingerprint density at radius 2 is 1.74 bits per heavy atom. The summed E-state index contributed by atoms with van der Waals surface area (Å²) in [7, 11) is -4.02. The Labute approximate surface area is 316 Å². The molecule has 5 aliphatic rings. The molecule has 3 aliphatic heterocycles. The van der Waals surface area contributed by atoms with Crippen LogP contribution >= 0.6 is 0 Å². The summed E-state index contributed by atoms with van der Waals surface area (Å²) in [6.07, 6.45) is 4.83. The number of fused-ring (bicyclic) bond motifs is 3. The van der Waals surface area contributed by atoms with Crippen molar-refractivity contribution in [2.45, 2.75) is 121 Å². The van der Waals surface area contributed by atoms with E-state index in [-0.39, 0.29) is 30.9 Å². The van der Waals surface area contributed by atoms with E-state index >= 15 is 0 Å². The van der Waals surface area contributed by atoms with Gasteiger partial charge in [-0.1, -0.05) is 26.0 Å². The lowest BCUT2D eigenvalue weighted by Crippen LogP contribution is -2.59. The third-order valence-electron chi connectivity index (χ3n) is 11.0. The first-order valence-corrected chi connectivity index (χ1v) is 20.3. The second kappa shape index (κ2) is 14.7. The number of alkyl carbamates (subject to hydrolysis) is 1. The van der Waals surface area contributed by atoms with Crippen molar-refractivity contribution < 1.29 is 51.3 Å². The third kappa shape index (κ3) is 8.47. The van der Waals surface area contributed by atoms with Crippen LogP contribution in [0, 0.1) is 17.8 Å². The maximum atomic E-state index is 14.6. The maximum absolute atomic E-state index is 14.6. The van der Waals surface area contributed by atoms with E-state index in [1.54, 1.807) is 33.8 Å². The molecule has 4 amide bonds. The van der Waals surface area contributed by atoms with Gasteiger partial charge in [0.25, 0.3) is 5.91 Å². The van der Waals surface area contributed by atoms with Gasteiger partial charge in [0.05, 0.1) is 16.9 Å². The van der Waals surface area contributed by atoms with Crippen LogP contribution < -0.4 is 24.8 Å². The quantitative estimate of drug-likeness (QED) is 0.284. The molecular weight excluding hydrogens is 721 g/mol. The summed E-state index contributed by atoms with van der Waals surface area (Å²) >= 11 is 0. The predicted molar refractivity (Wildman–Crippen MR) is 195 cm³/mol. The van der Waals surface area contributed by atoms with Gasteiger partial charge in [0.15, 0.2) is 11.5 Å². The van der Waals surface area contributed by atoms with E-state index in [4.69, 9.17) is 18.9 Å². The Hall–Kier alpha value is -4.34. The maximum Gasteiger partial charge on any atom is 0.408 e. The van der Waals surface area contributed by atoms with E-state index in [1.807, 2.05) is 26.0 Å². The highest BCUT2D eigenvalue weighted by molar-refractivity contribution is 7.91. The molecule has 16 heteroatoms. The Bertz CT molecular complexity index is 1820. The minimum Gasteiger partial charge on any atom is -0.486 e. The average molecular weight is 773 g/mol. The van der Waals surface area contributed by atoms with Gasteiger partial charge >= 0.3 is 12.1 Å². The molecule has 7 atom stereocenters. The van der Waals surface area contributed by atoms with Crippen LogP contribution in [0.2, 0.25) is 0 Å². The molecule has 15 nitrogen and oxygen atoms in total. The number of amides is 4. The zero-order chi connectivity index (χ0) is 39.2. The number of carbonyl (C=O) groups excluding carboxylic acids is 5. The number of ether oxygens (including phenoxy) is 4. The SMILES string of the molecule is C[C@@H]1CC/C=C\C2C[C@@]2(C(=O)NS(=O)(=O)C2(C)CC2)NC(=O)[C@@H]2C[C@@H](OC(=O)c3ccc4c(c3)OCCO4)CN2C(=O)[C@@H](NC(=O)OC(C)(C)C)[C@H](C)C1. The van der Waals surface area contributed by atoms with Gasteiger partial charge in [-0.25, -0.2) is 18.0 Å². The van der Waals surface area contributed by atoms with E-state index in [9.17, 15) is 32.4 Å². The summed E-state index contributed by atoms with van der Waals surface area (Å²) in [6.45, 7) is 11.1. The van der Waals surface area contributed by atoms with Crippen LogP contribution in [0.1, 0.15) is 96.8 Å². The van der Waals surface area contributed by atoms with Crippen LogP contribution in [0.15, 0.2) is 30.4 Å². The largest absolute Gasteiger partial charge is 0.486 e. The minimum atomic E-state index is -4.02. The number of nitrogens with one attached hydrogen (secondary N) is 3. The Balaban J connectivity index is 1.31. The fourth-order valence-electron chi connectivity index (χ4n) is 7.42. The molecule has 296 valence electrons. The van der Waals surface area contributed by atoms with Crippen LogP contribution in [0.25, 0.3) is 0 Å². The van der Waals surface area contributed by atoms with Crippen molar-refractivity contribution in [2.24, 2.45) is 17.8 Å². The van der Waals surface area contributed by atoms with Gasteiger partial charge in [0.2, 0.25) is 21.8 Å². The molecule has 6 rings (SSSR count). The van der Waals surface area contributed by atoms with Gasteiger partial charge in [-0.15, -0.1) is 0 Å². The van der Waals surface area contributed by atoms with E-state index in [0.717, 1.165) is 6.42 Å². The van der Waals surface area contributed by atoms with Crippen molar-refractivity contribution in [2.75, 3.05) is 19.8 Å². The highest BCUT2D eigenvalue weighted by Gasteiger charge is 2.63. The average Bonchev–Trinajstić information content (AvgIpc) is 3.97. The fourth-order valence-corrected chi connectivity index (χ4v) is 8.73. The van der Waals surface area contributed by atoms with Crippen molar-refractivity contribution in [3.63, 3.8) is 0 Å². The van der Waals surface area contributed by atoms with Crippen LogP contribution in [0.3, 0.4) is 0 Å². The van der Waals surface area contributed by atoms with Crippen molar-refractivity contribution in [3.05, 3.63) is 35.9 Å². The monoisotopic (exact) mass is 772 g/mol. The van der Waals surface area contributed by atoms with Crippen LogP contribution in [-0.2, 0) is 33.9 Å². The van der Waals surface area contributed by atoms with E-state index in [0.29, 0.717) is 50.4 Å². The lowest BCUT2D eigenvalue weighted by molar-refractivity contribution is -0.142. The topological polar surface area (TPSA) is 196 Å². The Morgan fingerprint density at radius 1 is 1.04 bits per heavy atom. The zero-order valence-electron chi connectivity index (χ0n) is 31.8. The standard InChI is InChI=1S/C38H52N4O11S/c1-22-9-7-8-10-25-20-38(25,34(46)41-54(48,49)37(6)13-14-37)40-31(43)27-19-26(52-33(45)24-11-12-28-29(18-24)51-16-15-50-28)21-42(27)32(44)30(23(2)17-22)39-35(47)53-36(3,4)5/h8,10-12,18,22-23,25-27,30H,7,9,13-17,19-21H2,1-6H3,(H,39,47)(H,40,43)(H,41,46)/b10-8-/t22-,23-,25?,26-,27+,30+,38-/m1/s1. The van der Waals surface area contributed by atoms with E-state index < -0.39 is 85.7 Å². The number of allylic oxidation sites excluding steroid dienone is 1. The number of hydrogen-bond acceptors (Lipinski definition) is 11. The molecule has 0 aromatic heterocycles. The molecular formula is C38H52N4O11S. The van der Waals surface area contributed by atoms with Crippen molar-refractivity contribution >= 4 is 39.8 Å². The molecule has 3 heterocycles. The lowest BCUT2D eigenvalue weighted by atomic mass is 9.88. The molecule has 0 radical (unpaired) electrons. The van der Waals surface area contributed by atoms with Gasteiger partial charge < -0.3 is 34.5 Å². The molecule has 0 bridgehead atoms. The van der Waals surface area contributed by atoms with Gasteiger partial charge in [-0.3, -0.25) is 19.1 Å². The van der Waals surface area contributed by atoms with Crippen molar-refractivity contribution in [1.82, 2.24) is 20.3 Å². The molecule has 1 saturated heterocycles. The summed E-state index contributed by atoms with van der Waals surface area (Å²) < 4.78 is 50.0. The number of carbonyl (C=O) groups is 5. The summed E-state index contributed by atoms with van der Waals surface area (Å²) in [5.74, 6) is -2.73. The molecule has 1 unspecified atom stereocenters. The second-order valence-electron chi connectivity index (χ2n) is 16.7. The number of benzene rings is 1. The first kappa shape index (κ1) is 39.4. The number of sulfonamides is 1. The molecule has 1 aromatic carbocycles. The number of rotatable bonds is 6. The van der Waals surface area contributed by atoms with E-state index in [1.165, 1.54) is 17.0 Å². The van der Waals surface area contributed by atoms with Crippen LogP contribution in [0.5, 0.6) is 11.5 Å². The Morgan fingerprint density at radius 3 is 2.43 bits per heavy atom. The normalized spacial score (nSPS) is 31.3. The molecule has 2 saturated carbocycles. The molecule has 54 heavy (non-hydrogen) atoms. The van der Waals surface area contributed by atoms with Gasteiger partial charge in [0.1, 0.15) is 42.5 Å². The lowest BCUT2D eigenvalue weighted by Gasteiger charge is -2.33. The predicted octanol–water partition coefficient (Wildman–Crippen LogP) is 3.36. The molecule has 3 N–H and O–H groups in total. The van der Waals surface area contributed by atoms with Crippen LogP contribution in [-0.4, -0.2) is 96.9 Å². The molecule has 3 fully saturated rings. The van der Waals surface area contributed by atoms with Crippen molar-refractivity contribution in [3.8, 4) is 11.5 Å². The minimum absolute atomic E-state index is 0.119. The number of hydrogen-bond donors (Lipinski definition) is 3. The Kier molecular flexibility index (Phi) is 10.7. The highest BCUT2D eigenvalue weighted by Crippen LogP contribution is 2.47. The fraction of sp³-hybridized carbons (Fsp3) is 0.658. The second-order valence-corrected chi connectivity index (χ2v) is 18.9. The molecule has 0 spiro atoms. The smallest absolute Gasteiger partial charge is 0.408 e. The van der Waals surface area contributed by atoms with Crippen molar-refractivity contribution in [1.29, 1.82) is 0 Å². The van der Waals surface area contributed by atoms with Crippen LogP contribution in [0.4, 0.5) is 4.79 Å². The van der Waals surface area contributed by atoms with Gasteiger partial charge in [-0.05, 0) is 96.3 Å². The summed E-state index contributed by atoms with van der Waals surface area (Å²) in [5.41, 5.74) is -2.24.